The SMILES string of the molecule is O=C(O)CC(=O)c1cccc(-c2ccc(Cl)cc2)c1. The molecule has 0 amide bonds. The minimum absolute atomic E-state index is 0.398. The Morgan fingerprint density at radius 2 is 1.68 bits per heavy atom. The number of halogens is 1. The van der Waals surface area contributed by atoms with Gasteiger partial charge in [0.15, 0.2) is 5.78 Å². The number of hydrogen-bond acceptors (Lipinski definition) is 2. The Balaban J connectivity index is 2.31. The van der Waals surface area contributed by atoms with E-state index in [-0.39, 0.29) is 0 Å². The summed E-state index contributed by atoms with van der Waals surface area (Å²) in [4.78, 5) is 22.2. The molecule has 2 rings (SSSR count). The van der Waals surface area contributed by atoms with Gasteiger partial charge in [0.2, 0.25) is 0 Å². The molecule has 19 heavy (non-hydrogen) atoms. The van der Waals surface area contributed by atoms with E-state index in [9.17, 15) is 9.59 Å². The zero-order chi connectivity index (χ0) is 13.8. The summed E-state index contributed by atoms with van der Waals surface area (Å²) in [5, 5.41) is 9.27. The van der Waals surface area contributed by atoms with E-state index >= 15 is 0 Å². The topological polar surface area (TPSA) is 54.4 Å². The van der Waals surface area contributed by atoms with Gasteiger partial charge in [-0.3, -0.25) is 9.59 Å². The summed E-state index contributed by atoms with van der Waals surface area (Å²) in [6.07, 6.45) is -0.496. The summed E-state index contributed by atoms with van der Waals surface area (Å²) >= 11 is 5.82. The fraction of sp³-hybridized carbons (Fsp3) is 0.0667. The van der Waals surface area contributed by atoms with Crippen LogP contribution in [0.4, 0.5) is 0 Å². The number of carboxylic acids is 1. The molecule has 0 aliphatic heterocycles. The number of aliphatic carboxylic acids is 1. The predicted octanol–water partition coefficient (Wildman–Crippen LogP) is 3.66. The van der Waals surface area contributed by atoms with Gasteiger partial charge < -0.3 is 5.11 Å². The highest BCUT2D eigenvalue weighted by molar-refractivity contribution is 6.30. The van der Waals surface area contributed by atoms with Gasteiger partial charge in [0.25, 0.3) is 0 Å². The van der Waals surface area contributed by atoms with E-state index in [4.69, 9.17) is 16.7 Å². The summed E-state index contributed by atoms with van der Waals surface area (Å²) in [5.41, 5.74) is 2.18. The number of Topliss-reactive ketones (excluding diaryl/α,β-unsaturated/α-hetero) is 1. The standard InChI is InChI=1S/C15H11ClO3/c16-13-6-4-10(5-7-13)11-2-1-3-12(8-11)14(17)9-15(18)19/h1-8H,9H2,(H,18,19). The summed E-state index contributed by atoms with van der Waals surface area (Å²) in [7, 11) is 0. The summed E-state index contributed by atoms with van der Waals surface area (Å²) < 4.78 is 0. The van der Waals surface area contributed by atoms with Crippen molar-refractivity contribution in [3.8, 4) is 11.1 Å². The second kappa shape index (κ2) is 5.67. The predicted molar refractivity (Wildman–Crippen MR) is 73.5 cm³/mol. The van der Waals surface area contributed by atoms with Crippen molar-refractivity contribution < 1.29 is 14.7 Å². The van der Waals surface area contributed by atoms with E-state index in [1.165, 1.54) is 0 Å². The first-order valence-electron chi connectivity index (χ1n) is 5.67. The fourth-order valence-electron chi connectivity index (χ4n) is 1.75. The average molecular weight is 275 g/mol. The van der Waals surface area contributed by atoms with Crippen LogP contribution in [0.2, 0.25) is 5.02 Å². The minimum atomic E-state index is -1.12. The smallest absolute Gasteiger partial charge is 0.311 e. The Labute approximate surface area is 115 Å². The van der Waals surface area contributed by atoms with Gasteiger partial charge in [0.05, 0.1) is 0 Å². The van der Waals surface area contributed by atoms with Gasteiger partial charge in [-0.05, 0) is 29.3 Å². The Morgan fingerprint density at radius 3 is 2.32 bits per heavy atom. The van der Waals surface area contributed by atoms with E-state index < -0.39 is 18.2 Å². The van der Waals surface area contributed by atoms with E-state index in [1.807, 2.05) is 18.2 Å². The third kappa shape index (κ3) is 3.42. The molecule has 4 heteroatoms. The monoisotopic (exact) mass is 274 g/mol. The second-order valence-electron chi connectivity index (χ2n) is 4.08. The number of carbonyl (C=O) groups is 2. The number of hydrogen-bond donors (Lipinski definition) is 1. The van der Waals surface area contributed by atoms with Crippen LogP contribution in [0.25, 0.3) is 11.1 Å². The molecule has 0 aromatic heterocycles. The molecule has 1 N–H and O–H groups in total. The average Bonchev–Trinajstić information content (AvgIpc) is 2.39. The van der Waals surface area contributed by atoms with Crippen molar-refractivity contribution in [3.05, 3.63) is 59.1 Å². The zero-order valence-corrected chi connectivity index (χ0v) is 10.7. The van der Waals surface area contributed by atoms with Crippen LogP contribution in [-0.2, 0) is 4.79 Å². The van der Waals surface area contributed by atoms with Crippen LogP contribution in [0, 0.1) is 0 Å². The van der Waals surface area contributed by atoms with Gasteiger partial charge in [0, 0.05) is 10.6 Å². The first kappa shape index (κ1) is 13.3. The molecule has 0 bridgehead atoms. The molecule has 0 saturated carbocycles. The van der Waals surface area contributed by atoms with Gasteiger partial charge in [-0.25, -0.2) is 0 Å². The molecule has 0 saturated heterocycles. The van der Waals surface area contributed by atoms with Gasteiger partial charge >= 0.3 is 5.97 Å². The van der Waals surface area contributed by atoms with Crippen LogP contribution < -0.4 is 0 Å². The molecule has 0 spiro atoms. The third-order valence-electron chi connectivity index (χ3n) is 2.67. The van der Waals surface area contributed by atoms with Crippen LogP contribution in [0.5, 0.6) is 0 Å². The highest BCUT2D eigenvalue weighted by atomic mass is 35.5. The summed E-state index contributed by atoms with van der Waals surface area (Å²) in [5.74, 6) is -1.52. The molecule has 0 unspecified atom stereocenters. The normalized spacial score (nSPS) is 10.2. The maximum Gasteiger partial charge on any atom is 0.311 e. The van der Waals surface area contributed by atoms with E-state index in [0.717, 1.165) is 11.1 Å². The first-order valence-corrected chi connectivity index (χ1v) is 6.05. The lowest BCUT2D eigenvalue weighted by Gasteiger charge is -2.04. The van der Waals surface area contributed by atoms with Crippen LogP contribution in [0.1, 0.15) is 16.8 Å². The lowest BCUT2D eigenvalue weighted by Crippen LogP contribution is -2.06. The maximum atomic E-state index is 11.7. The van der Waals surface area contributed by atoms with Crippen molar-refractivity contribution in [2.24, 2.45) is 0 Å². The van der Waals surface area contributed by atoms with Crippen molar-refractivity contribution in [1.29, 1.82) is 0 Å². The molecule has 0 fully saturated rings. The van der Waals surface area contributed by atoms with Gasteiger partial charge in [-0.1, -0.05) is 41.9 Å². The third-order valence-corrected chi connectivity index (χ3v) is 2.93. The maximum absolute atomic E-state index is 11.7. The fourth-order valence-corrected chi connectivity index (χ4v) is 1.88. The number of ketones is 1. The van der Waals surface area contributed by atoms with Gasteiger partial charge in [-0.2, -0.15) is 0 Å². The number of rotatable bonds is 4. The molecule has 0 aliphatic rings. The number of carbonyl (C=O) groups excluding carboxylic acids is 1. The largest absolute Gasteiger partial charge is 0.481 e. The van der Waals surface area contributed by atoms with Crippen molar-refractivity contribution in [2.45, 2.75) is 6.42 Å². The molecule has 96 valence electrons. The van der Waals surface area contributed by atoms with Crippen LogP contribution in [0.3, 0.4) is 0 Å². The Morgan fingerprint density at radius 1 is 1.00 bits per heavy atom. The molecular formula is C15H11ClO3. The first-order chi connectivity index (χ1) is 9.06. The van der Waals surface area contributed by atoms with Crippen molar-refractivity contribution >= 4 is 23.4 Å². The molecule has 0 radical (unpaired) electrons. The van der Waals surface area contributed by atoms with Crippen LogP contribution in [-0.4, -0.2) is 16.9 Å². The molecule has 3 nitrogen and oxygen atoms in total. The van der Waals surface area contributed by atoms with Crippen molar-refractivity contribution in [1.82, 2.24) is 0 Å². The summed E-state index contributed by atoms with van der Waals surface area (Å²) in [6.45, 7) is 0. The van der Waals surface area contributed by atoms with Crippen LogP contribution in [0.15, 0.2) is 48.5 Å². The lowest BCUT2D eigenvalue weighted by atomic mass is 10.0. The molecule has 2 aromatic carbocycles. The van der Waals surface area contributed by atoms with Crippen molar-refractivity contribution in [2.75, 3.05) is 0 Å². The number of carboxylic acid groups (broad SMARTS) is 1. The van der Waals surface area contributed by atoms with Crippen LogP contribution >= 0.6 is 11.6 Å². The van der Waals surface area contributed by atoms with E-state index in [2.05, 4.69) is 0 Å². The van der Waals surface area contributed by atoms with Crippen molar-refractivity contribution in [3.63, 3.8) is 0 Å². The van der Waals surface area contributed by atoms with Gasteiger partial charge in [-0.15, -0.1) is 0 Å². The molecular weight excluding hydrogens is 264 g/mol. The molecule has 0 atom stereocenters. The van der Waals surface area contributed by atoms with E-state index in [0.29, 0.717) is 10.6 Å². The Hall–Kier alpha value is -2.13. The summed E-state index contributed by atoms with van der Waals surface area (Å²) in [6, 6.07) is 14.1. The Bertz CT molecular complexity index is 618. The highest BCUT2D eigenvalue weighted by Crippen LogP contribution is 2.22. The second-order valence-corrected chi connectivity index (χ2v) is 4.52. The number of benzene rings is 2. The Kier molecular flexibility index (Phi) is 3.97. The lowest BCUT2D eigenvalue weighted by molar-refractivity contribution is -0.135. The van der Waals surface area contributed by atoms with E-state index in [1.54, 1.807) is 30.3 Å². The van der Waals surface area contributed by atoms with Gasteiger partial charge in [0.1, 0.15) is 6.42 Å². The highest BCUT2D eigenvalue weighted by Gasteiger charge is 2.11. The molecule has 0 heterocycles. The quantitative estimate of drug-likeness (QED) is 0.684. The molecule has 0 aliphatic carbocycles. The molecule has 2 aromatic rings. The minimum Gasteiger partial charge on any atom is -0.481 e. The zero-order valence-electron chi connectivity index (χ0n) is 9.97.